The minimum atomic E-state index is -4.75. The van der Waals surface area contributed by atoms with Crippen LogP contribution in [-0.4, -0.2) is 39.6 Å². The number of benzene rings is 2. The first-order valence-corrected chi connectivity index (χ1v) is 12.8. The van der Waals surface area contributed by atoms with Gasteiger partial charge in [-0.25, -0.2) is 27.7 Å². The SMILES string of the molecule is COc1c(F)cc(C(F)(F)F)cc1-c1ccc(N2CCCN(c3nc(C)c(S(N)(=O)=O)s3)C2=O)cc1. The molecule has 0 bridgehead atoms. The molecule has 4 rings (SSSR count). The molecule has 1 saturated heterocycles. The lowest BCUT2D eigenvalue weighted by atomic mass is 10.0. The van der Waals surface area contributed by atoms with E-state index in [1.54, 1.807) is 0 Å². The number of nitrogens with zero attached hydrogens (tertiary/aromatic N) is 3. The maximum absolute atomic E-state index is 14.3. The molecule has 1 aliphatic rings. The molecule has 0 atom stereocenters. The summed E-state index contributed by atoms with van der Waals surface area (Å²) >= 11 is 0.795. The van der Waals surface area contributed by atoms with Crippen molar-refractivity contribution >= 4 is 38.2 Å². The van der Waals surface area contributed by atoms with Gasteiger partial charge in [-0.2, -0.15) is 13.2 Å². The molecule has 2 heterocycles. The highest BCUT2D eigenvalue weighted by Gasteiger charge is 2.34. The number of urea groups is 1. The third kappa shape index (κ3) is 4.88. The van der Waals surface area contributed by atoms with Crippen LogP contribution in [-0.2, 0) is 16.2 Å². The van der Waals surface area contributed by atoms with Crippen LogP contribution in [0.3, 0.4) is 0 Å². The first-order valence-electron chi connectivity index (χ1n) is 10.5. The quantitative estimate of drug-likeness (QED) is 0.466. The normalized spacial score (nSPS) is 14.9. The van der Waals surface area contributed by atoms with Gasteiger partial charge >= 0.3 is 12.2 Å². The Morgan fingerprint density at radius 3 is 2.31 bits per heavy atom. The summed E-state index contributed by atoms with van der Waals surface area (Å²) in [5, 5.41) is 5.40. The molecule has 3 aromatic rings. The molecule has 2 N–H and O–H groups in total. The van der Waals surface area contributed by atoms with Crippen molar-refractivity contribution < 1.29 is 35.5 Å². The minimum Gasteiger partial charge on any atom is -0.493 e. The van der Waals surface area contributed by atoms with E-state index < -0.39 is 33.6 Å². The molecule has 0 unspecified atom stereocenters. The van der Waals surface area contributed by atoms with E-state index in [2.05, 4.69) is 4.98 Å². The van der Waals surface area contributed by atoms with Crippen molar-refractivity contribution in [3.05, 3.63) is 53.5 Å². The molecular weight excluding hydrogens is 524 g/mol. The Morgan fingerprint density at radius 2 is 1.75 bits per heavy atom. The molecule has 0 saturated carbocycles. The third-order valence-corrected chi connectivity index (χ3v) is 8.26. The van der Waals surface area contributed by atoms with Gasteiger partial charge in [-0.3, -0.25) is 9.80 Å². The molecule has 1 fully saturated rings. The van der Waals surface area contributed by atoms with Crippen molar-refractivity contribution in [1.29, 1.82) is 0 Å². The van der Waals surface area contributed by atoms with E-state index in [1.807, 2.05) is 0 Å². The summed E-state index contributed by atoms with van der Waals surface area (Å²) in [7, 11) is -2.83. The number of halogens is 4. The molecule has 1 aromatic heterocycles. The summed E-state index contributed by atoms with van der Waals surface area (Å²) in [4.78, 5) is 20.2. The lowest BCUT2D eigenvalue weighted by Crippen LogP contribution is -2.49. The van der Waals surface area contributed by atoms with E-state index >= 15 is 0 Å². The number of alkyl halides is 3. The molecule has 0 radical (unpaired) electrons. The van der Waals surface area contributed by atoms with Gasteiger partial charge < -0.3 is 4.74 Å². The summed E-state index contributed by atoms with van der Waals surface area (Å²) in [5.41, 5.74) is -0.347. The number of thiazole rings is 1. The van der Waals surface area contributed by atoms with Gasteiger partial charge in [-0.1, -0.05) is 23.5 Å². The number of hydrogen-bond donors (Lipinski definition) is 1. The highest BCUT2D eigenvalue weighted by Crippen LogP contribution is 2.40. The topological polar surface area (TPSA) is 106 Å². The molecule has 2 amide bonds. The molecule has 0 spiro atoms. The lowest BCUT2D eigenvalue weighted by Gasteiger charge is -2.34. The second-order valence-electron chi connectivity index (χ2n) is 7.94. The summed E-state index contributed by atoms with van der Waals surface area (Å²) in [6.07, 6.45) is -4.20. The molecule has 8 nitrogen and oxygen atoms in total. The number of amides is 2. The van der Waals surface area contributed by atoms with Crippen molar-refractivity contribution in [1.82, 2.24) is 4.98 Å². The largest absolute Gasteiger partial charge is 0.493 e. The number of primary sulfonamides is 1. The fourth-order valence-corrected chi connectivity index (χ4v) is 5.86. The van der Waals surface area contributed by atoms with Crippen LogP contribution in [0, 0.1) is 12.7 Å². The number of aromatic nitrogens is 1. The van der Waals surface area contributed by atoms with Crippen LogP contribution < -0.4 is 19.7 Å². The first kappa shape index (κ1) is 25.9. The van der Waals surface area contributed by atoms with E-state index in [0.717, 1.165) is 24.5 Å². The molecule has 192 valence electrons. The van der Waals surface area contributed by atoms with Crippen LogP contribution in [0.25, 0.3) is 11.1 Å². The molecular formula is C22H20F4N4O4S2. The van der Waals surface area contributed by atoms with Gasteiger partial charge in [0.1, 0.15) is 0 Å². The van der Waals surface area contributed by atoms with Gasteiger partial charge in [0.25, 0.3) is 0 Å². The predicted molar refractivity (Wildman–Crippen MR) is 126 cm³/mol. The molecule has 14 heteroatoms. The fraction of sp³-hybridized carbons (Fsp3) is 0.273. The number of sulfonamides is 1. The van der Waals surface area contributed by atoms with Gasteiger partial charge in [0.05, 0.1) is 18.4 Å². The average molecular weight is 545 g/mol. The number of aryl methyl sites for hydroxylation is 1. The van der Waals surface area contributed by atoms with Gasteiger partial charge in [0.15, 0.2) is 20.9 Å². The van der Waals surface area contributed by atoms with Crippen LogP contribution in [0.5, 0.6) is 5.75 Å². The monoisotopic (exact) mass is 544 g/mol. The molecule has 0 aliphatic carbocycles. The van der Waals surface area contributed by atoms with E-state index in [1.165, 1.54) is 41.0 Å². The maximum atomic E-state index is 14.3. The summed E-state index contributed by atoms with van der Waals surface area (Å²) in [5.74, 6) is -1.48. The Bertz CT molecular complexity index is 1420. The van der Waals surface area contributed by atoms with E-state index in [0.29, 0.717) is 31.3 Å². The average Bonchev–Trinajstić information content (AvgIpc) is 3.20. The standard InChI is InChI=1S/C22H20F4N4O4S2/c1-12-19(36(27,32)33)35-20(28-12)30-9-3-8-29(21(30)31)15-6-4-13(5-7-15)16-10-14(22(24,25)26)11-17(23)18(16)34-2/h4-7,10-11H,3,8-9H2,1-2H3,(H2,27,32,33). The molecule has 2 aromatic carbocycles. The summed E-state index contributed by atoms with van der Waals surface area (Å²) in [6, 6.07) is 6.70. The van der Waals surface area contributed by atoms with Crippen LogP contribution in [0.4, 0.5) is 33.2 Å². The number of hydrogen-bond acceptors (Lipinski definition) is 6. The minimum absolute atomic E-state index is 0.0863. The number of carbonyl (C=O) groups excluding carboxylic acids is 1. The number of nitrogens with two attached hydrogens (primary N) is 1. The zero-order valence-corrected chi connectivity index (χ0v) is 20.6. The van der Waals surface area contributed by atoms with Crippen LogP contribution in [0.1, 0.15) is 17.7 Å². The number of methoxy groups -OCH3 is 1. The van der Waals surface area contributed by atoms with Crippen LogP contribution in [0.2, 0.25) is 0 Å². The summed E-state index contributed by atoms with van der Waals surface area (Å²) < 4.78 is 82.3. The Kier molecular flexibility index (Phi) is 6.70. The molecule has 36 heavy (non-hydrogen) atoms. The van der Waals surface area contributed by atoms with Gasteiger partial charge in [0.2, 0.25) is 10.0 Å². The predicted octanol–water partition coefficient (Wildman–Crippen LogP) is 4.77. The van der Waals surface area contributed by atoms with Crippen molar-refractivity contribution in [2.75, 3.05) is 30.0 Å². The Hall–Kier alpha value is -3.23. The smallest absolute Gasteiger partial charge is 0.416 e. The van der Waals surface area contributed by atoms with Gasteiger partial charge in [-0.05, 0) is 43.2 Å². The number of rotatable bonds is 5. The number of carbonyl (C=O) groups is 1. The van der Waals surface area contributed by atoms with Gasteiger partial charge in [-0.15, -0.1) is 0 Å². The Labute approximate surface area is 208 Å². The first-order chi connectivity index (χ1) is 16.8. The van der Waals surface area contributed by atoms with Crippen molar-refractivity contribution in [2.24, 2.45) is 5.14 Å². The second-order valence-corrected chi connectivity index (χ2v) is 10.7. The zero-order chi connectivity index (χ0) is 26.4. The maximum Gasteiger partial charge on any atom is 0.416 e. The Balaban J connectivity index is 1.65. The highest BCUT2D eigenvalue weighted by molar-refractivity contribution is 7.91. The third-order valence-electron chi connectivity index (χ3n) is 5.52. The van der Waals surface area contributed by atoms with Crippen molar-refractivity contribution in [3.63, 3.8) is 0 Å². The van der Waals surface area contributed by atoms with Crippen molar-refractivity contribution in [3.8, 4) is 16.9 Å². The second kappa shape index (κ2) is 9.33. The number of anilines is 2. The fourth-order valence-electron chi connectivity index (χ4n) is 3.89. The van der Waals surface area contributed by atoms with Crippen LogP contribution >= 0.6 is 11.3 Å². The summed E-state index contributed by atoms with van der Waals surface area (Å²) in [6.45, 7) is 2.14. The van der Waals surface area contributed by atoms with E-state index in [4.69, 9.17) is 9.88 Å². The van der Waals surface area contributed by atoms with E-state index in [-0.39, 0.29) is 31.9 Å². The van der Waals surface area contributed by atoms with Crippen LogP contribution in [0.15, 0.2) is 40.6 Å². The van der Waals surface area contributed by atoms with Crippen molar-refractivity contribution in [2.45, 2.75) is 23.7 Å². The lowest BCUT2D eigenvalue weighted by molar-refractivity contribution is -0.137. The van der Waals surface area contributed by atoms with Gasteiger partial charge in [0, 0.05) is 24.3 Å². The zero-order valence-electron chi connectivity index (χ0n) is 19.0. The number of ether oxygens (including phenoxy) is 1. The van der Waals surface area contributed by atoms with E-state index in [9.17, 15) is 30.8 Å². The highest BCUT2D eigenvalue weighted by atomic mass is 32.2. The Morgan fingerprint density at radius 1 is 1.11 bits per heavy atom. The molecule has 1 aliphatic heterocycles.